The lowest BCUT2D eigenvalue weighted by atomic mass is 10.1. The molecule has 108 valence electrons. The Hall–Kier alpha value is -0.920. The van der Waals surface area contributed by atoms with E-state index in [2.05, 4.69) is 4.98 Å². The molecule has 0 spiro atoms. The molecule has 5 nitrogen and oxygen atoms in total. The summed E-state index contributed by atoms with van der Waals surface area (Å²) in [5.74, 6) is 0. The lowest BCUT2D eigenvalue weighted by Crippen LogP contribution is -2.30. The van der Waals surface area contributed by atoms with Gasteiger partial charge in [-0.1, -0.05) is 23.2 Å². The summed E-state index contributed by atoms with van der Waals surface area (Å²) in [6.45, 7) is -0.461. The van der Waals surface area contributed by atoms with Crippen molar-refractivity contribution >= 4 is 34.2 Å². The predicted molar refractivity (Wildman–Crippen MR) is 71.7 cm³/mol. The maximum Gasteiger partial charge on any atom is 0.173 e. The molecule has 0 radical (unpaired) electrons. The second-order valence-corrected chi connectivity index (χ2v) is 5.40. The molecular formula is C12H11Cl2FN2O3. The van der Waals surface area contributed by atoms with Crippen molar-refractivity contribution < 1.29 is 19.3 Å². The van der Waals surface area contributed by atoms with E-state index in [1.165, 1.54) is 10.9 Å². The molecule has 0 aliphatic carbocycles. The van der Waals surface area contributed by atoms with Crippen LogP contribution in [0.4, 0.5) is 4.39 Å². The highest BCUT2D eigenvalue weighted by Crippen LogP contribution is 2.35. The Bertz CT molecular complexity index is 651. The standard InChI is InChI=1S/C12H11Cl2FN2O3/c13-5-1-7-8(2-6(5)14)17(4-16-7)12-10(15)11(19)9(3-18)20-12/h1-2,4,9-12,18-19H,3H2/t9-,10-,11-,12-/m1/s1. The fraction of sp³-hybridized carbons (Fsp3) is 0.417. The molecule has 8 heteroatoms. The Morgan fingerprint density at radius 2 is 2.05 bits per heavy atom. The van der Waals surface area contributed by atoms with E-state index in [-0.39, 0.29) is 0 Å². The number of ether oxygens (including phenoxy) is 1. The van der Waals surface area contributed by atoms with Crippen LogP contribution >= 0.6 is 23.2 Å². The van der Waals surface area contributed by atoms with Gasteiger partial charge in [0.2, 0.25) is 0 Å². The Kier molecular flexibility index (Phi) is 3.60. The topological polar surface area (TPSA) is 67.5 Å². The first-order valence-electron chi connectivity index (χ1n) is 5.93. The first-order valence-corrected chi connectivity index (χ1v) is 6.68. The number of imidazole rings is 1. The summed E-state index contributed by atoms with van der Waals surface area (Å²) < 4.78 is 20.9. The van der Waals surface area contributed by atoms with Crippen LogP contribution in [0, 0.1) is 0 Å². The third-order valence-corrected chi connectivity index (χ3v) is 4.09. The number of halogens is 3. The molecule has 0 amide bonds. The predicted octanol–water partition coefficient (Wildman–Crippen LogP) is 1.93. The average Bonchev–Trinajstić information content (AvgIpc) is 2.94. The van der Waals surface area contributed by atoms with Crippen LogP contribution in [-0.2, 0) is 4.74 Å². The fourth-order valence-electron chi connectivity index (χ4n) is 2.30. The van der Waals surface area contributed by atoms with Gasteiger partial charge in [-0.2, -0.15) is 0 Å². The number of aromatic nitrogens is 2. The SMILES string of the molecule is OC[C@H]1O[C@@H](n2cnc3cc(Cl)c(Cl)cc32)[C@H](F)[C@@H]1O. The lowest BCUT2D eigenvalue weighted by molar-refractivity contribution is -0.0457. The summed E-state index contributed by atoms with van der Waals surface area (Å²) >= 11 is 11.8. The Labute approximate surface area is 123 Å². The Morgan fingerprint density at radius 1 is 1.35 bits per heavy atom. The van der Waals surface area contributed by atoms with Crippen LogP contribution in [0.15, 0.2) is 18.5 Å². The monoisotopic (exact) mass is 320 g/mol. The van der Waals surface area contributed by atoms with Crippen LogP contribution in [-0.4, -0.2) is 44.8 Å². The van der Waals surface area contributed by atoms with Crippen molar-refractivity contribution in [1.82, 2.24) is 9.55 Å². The van der Waals surface area contributed by atoms with Gasteiger partial charge in [0.1, 0.15) is 12.2 Å². The Balaban J connectivity index is 2.05. The van der Waals surface area contributed by atoms with Crippen LogP contribution in [0.5, 0.6) is 0 Å². The number of fused-ring (bicyclic) bond motifs is 1. The van der Waals surface area contributed by atoms with Gasteiger partial charge in [0.25, 0.3) is 0 Å². The molecular weight excluding hydrogens is 310 g/mol. The fourth-order valence-corrected chi connectivity index (χ4v) is 2.62. The quantitative estimate of drug-likeness (QED) is 0.887. The van der Waals surface area contributed by atoms with Crippen molar-refractivity contribution in [2.45, 2.75) is 24.6 Å². The highest BCUT2D eigenvalue weighted by Gasteiger charge is 2.45. The van der Waals surface area contributed by atoms with E-state index in [1.807, 2.05) is 0 Å². The van der Waals surface area contributed by atoms with Gasteiger partial charge in [-0.05, 0) is 12.1 Å². The second-order valence-electron chi connectivity index (χ2n) is 4.59. The summed E-state index contributed by atoms with van der Waals surface area (Å²) in [5, 5.41) is 19.4. The van der Waals surface area contributed by atoms with Crippen LogP contribution in [0.1, 0.15) is 6.23 Å². The average molecular weight is 321 g/mol. The largest absolute Gasteiger partial charge is 0.394 e. The number of benzene rings is 1. The number of aliphatic hydroxyl groups excluding tert-OH is 2. The lowest BCUT2D eigenvalue weighted by Gasteiger charge is -2.15. The molecule has 3 rings (SSSR count). The van der Waals surface area contributed by atoms with Crippen LogP contribution in [0.3, 0.4) is 0 Å². The van der Waals surface area contributed by atoms with Crippen molar-refractivity contribution in [2.24, 2.45) is 0 Å². The third kappa shape index (κ3) is 2.08. The molecule has 1 aliphatic heterocycles. The third-order valence-electron chi connectivity index (χ3n) is 3.36. The maximum atomic E-state index is 14.1. The normalized spacial score (nSPS) is 30.2. The molecule has 1 aromatic heterocycles. The van der Waals surface area contributed by atoms with E-state index in [0.29, 0.717) is 21.1 Å². The van der Waals surface area contributed by atoms with Gasteiger partial charge in [0.05, 0.1) is 34.0 Å². The van der Waals surface area contributed by atoms with Crippen LogP contribution < -0.4 is 0 Å². The van der Waals surface area contributed by atoms with Crippen molar-refractivity contribution in [2.75, 3.05) is 6.61 Å². The second kappa shape index (κ2) is 5.13. The smallest absolute Gasteiger partial charge is 0.173 e. The van der Waals surface area contributed by atoms with E-state index in [0.717, 1.165) is 0 Å². The molecule has 2 N–H and O–H groups in total. The van der Waals surface area contributed by atoms with E-state index >= 15 is 0 Å². The summed E-state index contributed by atoms with van der Waals surface area (Å²) in [7, 11) is 0. The van der Waals surface area contributed by atoms with E-state index in [1.54, 1.807) is 12.1 Å². The minimum absolute atomic E-state index is 0.313. The molecule has 20 heavy (non-hydrogen) atoms. The molecule has 1 saturated heterocycles. The highest BCUT2D eigenvalue weighted by molar-refractivity contribution is 6.42. The van der Waals surface area contributed by atoms with Gasteiger partial charge in [0.15, 0.2) is 12.4 Å². The summed E-state index contributed by atoms with van der Waals surface area (Å²) in [4.78, 5) is 4.10. The van der Waals surface area contributed by atoms with Crippen molar-refractivity contribution in [3.05, 3.63) is 28.5 Å². The van der Waals surface area contributed by atoms with Gasteiger partial charge < -0.3 is 19.5 Å². The van der Waals surface area contributed by atoms with Gasteiger partial charge in [-0.25, -0.2) is 9.37 Å². The molecule has 4 atom stereocenters. The molecule has 0 unspecified atom stereocenters. The van der Waals surface area contributed by atoms with Crippen LogP contribution in [0.25, 0.3) is 11.0 Å². The number of nitrogens with zero attached hydrogens (tertiary/aromatic N) is 2. The van der Waals surface area contributed by atoms with E-state index in [4.69, 9.17) is 33.0 Å². The van der Waals surface area contributed by atoms with Gasteiger partial charge in [-0.15, -0.1) is 0 Å². The molecule has 2 aromatic rings. The van der Waals surface area contributed by atoms with Crippen molar-refractivity contribution in [3.8, 4) is 0 Å². The number of hydrogen-bond acceptors (Lipinski definition) is 4. The van der Waals surface area contributed by atoms with Gasteiger partial charge in [0, 0.05) is 0 Å². The zero-order valence-electron chi connectivity index (χ0n) is 10.1. The van der Waals surface area contributed by atoms with E-state index in [9.17, 15) is 9.50 Å². The highest BCUT2D eigenvalue weighted by atomic mass is 35.5. The zero-order chi connectivity index (χ0) is 14.4. The van der Waals surface area contributed by atoms with Gasteiger partial charge >= 0.3 is 0 Å². The number of aliphatic hydroxyl groups is 2. The number of rotatable bonds is 2. The first kappa shape index (κ1) is 14.0. The zero-order valence-corrected chi connectivity index (χ0v) is 11.6. The Morgan fingerprint density at radius 3 is 2.70 bits per heavy atom. The molecule has 0 bridgehead atoms. The molecule has 2 heterocycles. The maximum absolute atomic E-state index is 14.1. The van der Waals surface area contributed by atoms with Crippen molar-refractivity contribution in [1.29, 1.82) is 0 Å². The molecule has 1 aliphatic rings. The van der Waals surface area contributed by atoms with Crippen LogP contribution in [0.2, 0.25) is 10.0 Å². The van der Waals surface area contributed by atoms with Crippen molar-refractivity contribution in [3.63, 3.8) is 0 Å². The van der Waals surface area contributed by atoms with E-state index < -0.39 is 31.2 Å². The minimum Gasteiger partial charge on any atom is -0.394 e. The first-order chi connectivity index (χ1) is 9.52. The molecule has 1 aromatic carbocycles. The minimum atomic E-state index is -1.67. The summed E-state index contributed by atoms with van der Waals surface area (Å²) in [6, 6.07) is 3.12. The summed E-state index contributed by atoms with van der Waals surface area (Å²) in [5.41, 5.74) is 1.08. The van der Waals surface area contributed by atoms with Gasteiger partial charge in [-0.3, -0.25) is 0 Å². The summed E-state index contributed by atoms with van der Waals surface area (Å²) in [6.07, 6.45) is -3.69. The number of hydrogen-bond donors (Lipinski definition) is 2. The molecule has 0 saturated carbocycles. The molecule has 1 fully saturated rings. The number of alkyl halides is 1.